The summed E-state index contributed by atoms with van der Waals surface area (Å²) >= 11 is 0. The zero-order valence-electron chi connectivity index (χ0n) is 12.2. The molecule has 21 heavy (non-hydrogen) atoms. The number of alkyl halides is 1. The number of anilines is 1. The van der Waals surface area contributed by atoms with Gasteiger partial charge in [0.15, 0.2) is 6.17 Å². The molecule has 1 aliphatic heterocycles. The van der Waals surface area contributed by atoms with Crippen LogP contribution in [0.25, 0.3) is 0 Å². The van der Waals surface area contributed by atoms with E-state index in [0.717, 1.165) is 36.4 Å². The molecule has 0 fully saturated rings. The lowest BCUT2D eigenvalue weighted by atomic mass is 9.99. The molecular weight excluding hydrogens is 265 g/mol. The van der Waals surface area contributed by atoms with Crippen molar-refractivity contribution in [3.63, 3.8) is 0 Å². The molecule has 0 amide bonds. The van der Waals surface area contributed by atoms with E-state index in [1.807, 2.05) is 36.4 Å². The molecule has 0 spiro atoms. The highest BCUT2D eigenvalue weighted by Gasteiger charge is 2.21. The first kappa shape index (κ1) is 13.9. The highest BCUT2D eigenvalue weighted by Crippen LogP contribution is 2.36. The van der Waals surface area contributed by atoms with E-state index in [-0.39, 0.29) is 0 Å². The van der Waals surface area contributed by atoms with Crippen molar-refractivity contribution in [2.24, 2.45) is 0 Å². The van der Waals surface area contributed by atoms with E-state index in [0.29, 0.717) is 12.2 Å². The van der Waals surface area contributed by atoms with Gasteiger partial charge < -0.3 is 10.1 Å². The maximum Gasteiger partial charge on any atom is 0.152 e. The number of nitrogens with one attached hydrogen (secondary N) is 1. The van der Waals surface area contributed by atoms with Crippen LogP contribution in [0.4, 0.5) is 10.1 Å². The van der Waals surface area contributed by atoms with Gasteiger partial charge in [-0.15, -0.1) is 0 Å². The van der Waals surface area contributed by atoms with Gasteiger partial charge in [0.2, 0.25) is 0 Å². The second kappa shape index (κ2) is 6.17. The minimum absolute atomic E-state index is 0.668. The van der Waals surface area contributed by atoms with Crippen LogP contribution in [0.15, 0.2) is 42.5 Å². The Kier molecular flexibility index (Phi) is 4.09. The molecule has 0 radical (unpaired) electrons. The van der Waals surface area contributed by atoms with Gasteiger partial charge in [-0.2, -0.15) is 0 Å². The molecule has 2 nitrogen and oxygen atoms in total. The summed E-state index contributed by atoms with van der Waals surface area (Å²) in [6, 6.07) is 13.2. The number of rotatable bonds is 5. The molecule has 1 atom stereocenters. The Morgan fingerprint density at radius 1 is 1.19 bits per heavy atom. The number of para-hydroxylation sites is 1. The molecule has 0 aliphatic carbocycles. The number of benzene rings is 2. The normalized spacial score (nSPS) is 14.4. The Bertz CT molecular complexity index is 609. The van der Waals surface area contributed by atoms with Gasteiger partial charge in [-0.1, -0.05) is 37.3 Å². The standard InChI is InChI=1S/C18H20FNO/c1-2-12-21-15-8-6-13(7-9-15)17(19)16-5-3-4-14-10-11-20-18(14)16/h3-9,17,20H,2,10-12H2,1H3. The summed E-state index contributed by atoms with van der Waals surface area (Å²) in [4.78, 5) is 0. The lowest BCUT2D eigenvalue weighted by Crippen LogP contribution is -2.01. The van der Waals surface area contributed by atoms with Crippen LogP contribution in [0.2, 0.25) is 0 Å². The molecule has 2 aromatic carbocycles. The maximum absolute atomic E-state index is 14.8. The van der Waals surface area contributed by atoms with E-state index < -0.39 is 6.17 Å². The molecule has 0 aromatic heterocycles. The summed E-state index contributed by atoms with van der Waals surface area (Å²) in [7, 11) is 0. The van der Waals surface area contributed by atoms with Crippen LogP contribution in [0.3, 0.4) is 0 Å². The Labute approximate surface area is 125 Å². The van der Waals surface area contributed by atoms with E-state index in [1.165, 1.54) is 5.56 Å². The van der Waals surface area contributed by atoms with Crippen LogP contribution in [0.5, 0.6) is 5.75 Å². The van der Waals surface area contributed by atoms with E-state index in [4.69, 9.17) is 4.74 Å². The molecule has 0 saturated carbocycles. The summed E-state index contributed by atoms with van der Waals surface area (Å²) in [6.45, 7) is 3.65. The number of halogens is 1. The van der Waals surface area contributed by atoms with E-state index in [2.05, 4.69) is 18.3 Å². The number of hydrogen-bond donors (Lipinski definition) is 1. The minimum atomic E-state index is -1.11. The second-order valence-electron chi connectivity index (χ2n) is 5.34. The van der Waals surface area contributed by atoms with Crippen molar-refractivity contribution in [2.45, 2.75) is 25.9 Å². The monoisotopic (exact) mass is 285 g/mol. The first-order chi connectivity index (χ1) is 10.3. The van der Waals surface area contributed by atoms with Gasteiger partial charge in [-0.3, -0.25) is 0 Å². The molecular formula is C18H20FNO. The van der Waals surface area contributed by atoms with Gasteiger partial charge in [0, 0.05) is 17.8 Å². The quantitative estimate of drug-likeness (QED) is 0.873. The highest BCUT2D eigenvalue weighted by atomic mass is 19.1. The van der Waals surface area contributed by atoms with Crippen LogP contribution in [-0.2, 0) is 6.42 Å². The van der Waals surface area contributed by atoms with Crippen LogP contribution in [0, 0.1) is 0 Å². The number of fused-ring (bicyclic) bond motifs is 1. The van der Waals surface area contributed by atoms with Crippen LogP contribution in [-0.4, -0.2) is 13.2 Å². The number of ether oxygens (including phenoxy) is 1. The van der Waals surface area contributed by atoms with Gasteiger partial charge in [-0.05, 0) is 36.1 Å². The molecule has 110 valence electrons. The van der Waals surface area contributed by atoms with E-state index in [9.17, 15) is 4.39 Å². The topological polar surface area (TPSA) is 21.3 Å². The molecule has 0 bridgehead atoms. The number of hydrogen-bond acceptors (Lipinski definition) is 2. The van der Waals surface area contributed by atoms with Gasteiger partial charge in [0.25, 0.3) is 0 Å². The van der Waals surface area contributed by atoms with Crippen molar-refractivity contribution in [2.75, 3.05) is 18.5 Å². The van der Waals surface area contributed by atoms with Crippen LogP contribution < -0.4 is 10.1 Å². The molecule has 1 aliphatic rings. The average molecular weight is 285 g/mol. The lowest BCUT2D eigenvalue weighted by Gasteiger charge is -2.14. The third kappa shape index (κ3) is 2.87. The van der Waals surface area contributed by atoms with Crippen molar-refractivity contribution >= 4 is 5.69 Å². The van der Waals surface area contributed by atoms with Crippen molar-refractivity contribution < 1.29 is 9.13 Å². The third-order valence-electron chi connectivity index (χ3n) is 3.80. The summed E-state index contributed by atoms with van der Waals surface area (Å²) in [5.74, 6) is 0.796. The summed E-state index contributed by atoms with van der Waals surface area (Å²) in [6.07, 6.45) is 0.834. The minimum Gasteiger partial charge on any atom is -0.494 e. The largest absolute Gasteiger partial charge is 0.494 e. The highest BCUT2D eigenvalue weighted by molar-refractivity contribution is 5.63. The first-order valence-corrected chi connectivity index (χ1v) is 7.52. The van der Waals surface area contributed by atoms with Gasteiger partial charge in [-0.25, -0.2) is 4.39 Å². The Balaban J connectivity index is 1.82. The smallest absolute Gasteiger partial charge is 0.152 e. The Morgan fingerprint density at radius 3 is 2.76 bits per heavy atom. The zero-order valence-corrected chi connectivity index (χ0v) is 12.2. The van der Waals surface area contributed by atoms with Crippen molar-refractivity contribution in [3.8, 4) is 5.75 Å². The van der Waals surface area contributed by atoms with Crippen LogP contribution in [0.1, 0.15) is 36.2 Å². The fourth-order valence-corrected chi connectivity index (χ4v) is 2.71. The van der Waals surface area contributed by atoms with E-state index in [1.54, 1.807) is 0 Å². The van der Waals surface area contributed by atoms with Crippen molar-refractivity contribution in [1.29, 1.82) is 0 Å². The maximum atomic E-state index is 14.8. The van der Waals surface area contributed by atoms with Gasteiger partial charge in [0.05, 0.1) is 6.61 Å². The molecule has 0 saturated heterocycles. The predicted octanol–water partition coefficient (Wildman–Crippen LogP) is 4.50. The summed E-state index contributed by atoms with van der Waals surface area (Å²) in [5, 5.41) is 3.29. The fraction of sp³-hybridized carbons (Fsp3) is 0.333. The average Bonchev–Trinajstić information content (AvgIpc) is 3.01. The van der Waals surface area contributed by atoms with Crippen molar-refractivity contribution in [3.05, 3.63) is 59.2 Å². The van der Waals surface area contributed by atoms with Gasteiger partial charge in [0.1, 0.15) is 5.75 Å². The molecule has 1 unspecified atom stereocenters. The van der Waals surface area contributed by atoms with E-state index >= 15 is 0 Å². The van der Waals surface area contributed by atoms with Gasteiger partial charge >= 0.3 is 0 Å². The third-order valence-corrected chi connectivity index (χ3v) is 3.80. The SMILES string of the molecule is CCCOc1ccc(C(F)c2cccc3c2NCC3)cc1. The molecule has 3 rings (SSSR count). The Morgan fingerprint density at radius 2 is 2.00 bits per heavy atom. The molecule has 3 heteroatoms. The molecule has 1 N–H and O–H groups in total. The second-order valence-corrected chi connectivity index (χ2v) is 5.34. The van der Waals surface area contributed by atoms with Crippen LogP contribution >= 0.6 is 0 Å². The predicted molar refractivity (Wildman–Crippen MR) is 83.8 cm³/mol. The summed E-state index contributed by atoms with van der Waals surface area (Å²) < 4.78 is 20.4. The molecule has 1 heterocycles. The first-order valence-electron chi connectivity index (χ1n) is 7.52. The lowest BCUT2D eigenvalue weighted by molar-refractivity contribution is 0.317. The molecule has 2 aromatic rings. The van der Waals surface area contributed by atoms with Crippen molar-refractivity contribution in [1.82, 2.24) is 0 Å². The Hall–Kier alpha value is -2.03. The zero-order chi connectivity index (χ0) is 14.7. The summed E-state index contributed by atoms with van der Waals surface area (Å²) in [5.41, 5.74) is 3.57. The fourth-order valence-electron chi connectivity index (χ4n) is 2.71.